The van der Waals surface area contributed by atoms with Crippen LogP contribution in [0.4, 0.5) is 0 Å². The molecule has 0 aromatic carbocycles. The van der Waals surface area contributed by atoms with Crippen LogP contribution in [0.25, 0.3) is 0 Å². The molecule has 0 aromatic heterocycles. The van der Waals surface area contributed by atoms with Gasteiger partial charge in [0, 0.05) is 12.1 Å². The second-order valence-electron chi connectivity index (χ2n) is 5.95. The molecule has 1 fully saturated rings. The van der Waals surface area contributed by atoms with E-state index in [0.29, 0.717) is 5.92 Å². The molecule has 0 radical (unpaired) electrons. The van der Waals surface area contributed by atoms with E-state index in [1.165, 1.54) is 0 Å². The molecule has 4 N–H and O–H groups in total. The largest absolute Gasteiger partial charge is 0.369 e. The Hall–Kier alpha value is -1.14. The van der Waals surface area contributed by atoms with E-state index in [1.54, 1.807) is 0 Å². The maximum Gasteiger partial charge on any atom is 0.234 e. The lowest BCUT2D eigenvalue weighted by atomic mass is 10.0. The van der Waals surface area contributed by atoms with E-state index in [0.717, 1.165) is 25.9 Å². The van der Waals surface area contributed by atoms with Crippen molar-refractivity contribution in [1.29, 1.82) is 0 Å². The average Bonchev–Trinajstić information content (AvgIpc) is 2.38. The fourth-order valence-corrected chi connectivity index (χ4v) is 2.34. The first-order valence-electron chi connectivity index (χ1n) is 7.42. The number of hydrogen-bond donors (Lipinski definition) is 3. The maximum absolute atomic E-state index is 12.1. The molecule has 1 saturated heterocycles. The molecule has 1 rings (SSSR count). The second-order valence-corrected chi connectivity index (χ2v) is 5.95. The van der Waals surface area contributed by atoms with Crippen molar-refractivity contribution in [3.63, 3.8) is 0 Å². The van der Waals surface area contributed by atoms with Crippen LogP contribution in [-0.2, 0) is 9.59 Å². The molecule has 1 heterocycles. The SMILES string of the molecule is CC(C)C(C)NC(=O)CN(CC(N)=O)C1CCNCC1. The predicted octanol–water partition coefficient (Wildman–Crippen LogP) is -0.314. The van der Waals surface area contributed by atoms with Gasteiger partial charge in [-0.2, -0.15) is 0 Å². The Morgan fingerprint density at radius 1 is 1.25 bits per heavy atom. The quantitative estimate of drug-likeness (QED) is 0.598. The summed E-state index contributed by atoms with van der Waals surface area (Å²) in [6.07, 6.45) is 1.89. The van der Waals surface area contributed by atoms with E-state index >= 15 is 0 Å². The van der Waals surface area contributed by atoms with Crippen LogP contribution in [0.2, 0.25) is 0 Å². The van der Waals surface area contributed by atoms with Crippen molar-refractivity contribution < 1.29 is 9.59 Å². The van der Waals surface area contributed by atoms with E-state index in [2.05, 4.69) is 24.5 Å². The molecule has 6 heteroatoms. The zero-order valence-corrected chi connectivity index (χ0v) is 12.8. The van der Waals surface area contributed by atoms with Gasteiger partial charge in [0.25, 0.3) is 0 Å². The number of carbonyl (C=O) groups excluding carboxylic acids is 2. The second kappa shape index (κ2) is 8.21. The van der Waals surface area contributed by atoms with Crippen molar-refractivity contribution in [3.05, 3.63) is 0 Å². The summed E-state index contributed by atoms with van der Waals surface area (Å²) in [6, 6.07) is 0.384. The fraction of sp³-hybridized carbons (Fsp3) is 0.857. The first-order chi connectivity index (χ1) is 9.40. The molecule has 1 unspecified atom stereocenters. The normalized spacial score (nSPS) is 18.2. The smallest absolute Gasteiger partial charge is 0.234 e. The number of nitrogens with zero attached hydrogens (tertiary/aromatic N) is 1. The Labute approximate surface area is 121 Å². The van der Waals surface area contributed by atoms with Crippen molar-refractivity contribution in [2.24, 2.45) is 11.7 Å². The minimum Gasteiger partial charge on any atom is -0.369 e. The Morgan fingerprint density at radius 2 is 1.85 bits per heavy atom. The highest BCUT2D eigenvalue weighted by Gasteiger charge is 2.24. The first-order valence-corrected chi connectivity index (χ1v) is 7.42. The molecule has 1 aliphatic rings. The Morgan fingerprint density at radius 3 is 2.35 bits per heavy atom. The summed E-state index contributed by atoms with van der Waals surface area (Å²) >= 11 is 0. The van der Waals surface area contributed by atoms with E-state index in [1.807, 2.05) is 11.8 Å². The van der Waals surface area contributed by atoms with Crippen LogP contribution >= 0.6 is 0 Å². The lowest BCUT2D eigenvalue weighted by Gasteiger charge is -2.33. The molecular formula is C14H28N4O2. The molecule has 2 amide bonds. The number of rotatable bonds is 7. The van der Waals surface area contributed by atoms with Gasteiger partial charge in [-0.25, -0.2) is 0 Å². The lowest BCUT2D eigenvalue weighted by Crippen LogP contribution is -2.51. The number of nitrogens with two attached hydrogens (primary N) is 1. The van der Waals surface area contributed by atoms with Crippen LogP contribution in [0.1, 0.15) is 33.6 Å². The summed E-state index contributed by atoms with van der Waals surface area (Å²) in [5, 5.41) is 6.25. The zero-order valence-electron chi connectivity index (χ0n) is 12.8. The van der Waals surface area contributed by atoms with Gasteiger partial charge in [-0.3, -0.25) is 14.5 Å². The van der Waals surface area contributed by atoms with Crippen LogP contribution in [0.5, 0.6) is 0 Å². The van der Waals surface area contributed by atoms with E-state index < -0.39 is 0 Å². The summed E-state index contributed by atoms with van der Waals surface area (Å²) in [7, 11) is 0. The van der Waals surface area contributed by atoms with Gasteiger partial charge >= 0.3 is 0 Å². The molecular weight excluding hydrogens is 256 g/mol. The maximum atomic E-state index is 12.1. The van der Waals surface area contributed by atoms with Gasteiger partial charge in [-0.05, 0) is 38.8 Å². The van der Waals surface area contributed by atoms with Gasteiger partial charge in [-0.15, -0.1) is 0 Å². The minimum absolute atomic E-state index is 0.0361. The van der Waals surface area contributed by atoms with Gasteiger partial charge in [0.1, 0.15) is 0 Å². The van der Waals surface area contributed by atoms with Crippen LogP contribution in [-0.4, -0.2) is 55.0 Å². The molecule has 20 heavy (non-hydrogen) atoms. The molecule has 0 aromatic rings. The number of amides is 2. The third kappa shape index (κ3) is 5.88. The topological polar surface area (TPSA) is 87.5 Å². The van der Waals surface area contributed by atoms with Crippen molar-refractivity contribution in [2.45, 2.75) is 45.7 Å². The standard InChI is InChI=1S/C14H28N4O2/c1-10(2)11(3)17-14(20)9-18(8-13(15)19)12-4-6-16-7-5-12/h10-12,16H,4-9H2,1-3H3,(H2,15,19)(H,17,20). The van der Waals surface area contributed by atoms with Gasteiger partial charge in [0.15, 0.2) is 0 Å². The van der Waals surface area contributed by atoms with Crippen LogP contribution < -0.4 is 16.4 Å². The van der Waals surface area contributed by atoms with Gasteiger partial charge < -0.3 is 16.4 Å². The number of nitrogens with one attached hydrogen (secondary N) is 2. The van der Waals surface area contributed by atoms with Crippen molar-refractivity contribution in [2.75, 3.05) is 26.2 Å². The molecule has 116 valence electrons. The zero-order chi connectivity index (χ0) is 15.1. The number of carbonyl (C=O) groups is 2. The monoisotopic (exact) mass is 284 g/mol. The molecule has 0 spiro atoms. The van der Waals surface area contributed by atoms with Crippen LogP contribution in [0, 0.1) is 5.92 Å². The lowest BCUT2D eigenvalue weighted by molar-refractivity contribution is -0.125. The highest BCUT2D eigenvalue weighted by atomic mass is 16.2. The highest BCUT2D eigenvalue weighted by molar-refractivity contribution is 5.80. The summed E-state index contributed by atoms with van der Waals surface area (Å²) in [5.41, 5.74) is 5.30. The number of piperidine rings is 1. The van der Waals surface area contributed by atoms with Gasteiger partial charge in [-0.1, -0.05) is 13.8 Å². The van der Waals surface area contributed by atoms with Crippen LogP contribution in [0.15, 0.2) is 0 Å². The summed E-state index contributed by atoms with van der Waals surface area (Å²) in [4.78, 5) is 25.2. The van der Waals surface area contributed by atoms with Crippen LogP contribution in [0.3, 0.4) is 0 Å². The highest BCUT2D eigenvalue weighted by Crippen LogP contribution is 2.11. The van der Waals surface area contributed by atoms with Crippen molar-refractivity contribution >= 4 is 11.8 Å². The third-order valence-corrected chi connectivity index (χ3v) is 3.92. The third-order valence-electron chi connectivity index (χ3n) is 3.92. The molecule has 0 saturated carbocycles. The Kier molecular flexibility index (Phi) is 6.95. The van der Waals surface area contributed by atoms with E-state index in [-0.39, 0.29) is 37.0 Å². The number of hydrogen-bond acceptors (Lipinski definition) is 4. The minimum atomic E-state index is -0.381. The van der Waals surface area contributed by atoms with Gasteiger partial charge in [0.2, 0.25) is 11.8 Å². The summed E-state index contributed by atoms with van der Waals surface area (Å²) in [6.45, 7) is 8.36. The van der Waals surface area contributed by atoms with Crippen molar-refractivity contribution in [1.82, 2.24) is 15.5 Å². The molecule has 0 aliphatic carbocycles. The average molecular weight is 284 g/mol. The predicted molar refractivity (Wildman–Crippen MR) is 79.1 cm³/mol. The summed E-state index contributed by atoms with van der Waals surface area (Å²) in [5.74, 6) is -0.0263. The first kappa shape index (κ1) is 16.9. The Bertz CT molecular complexity index is 327. The van der Waals surface area contributed by atoms with Crippen molar-refractivity contribution in [3.8, 4) is 0 Å². The Balaban J connectivity index is 2.54. The number of primary amides is 1. The fourth-order valence-electron chi connectivity index (χ4n) is 2.34. The molecule has 6 nitrogen and oxygen atoms in total. The van der Waals surface area contributed by atoms with E-state index in [9.17, 15) is 9.59 Å². The van der Waals surface area contributed by atoms with Gasteiger partial charge in [0.05, 0.1) is 13.1 Å². The molecule has 1 aliphatic heterocycles. The van der Waals surface area contributed by atoms with E-state index in [4.69, 9.17) is 5.73 Å². The summed E-state index contributed by atoms with van der Waals surface area (Å²) < 4.78 is 0. The molecule has 0 bridgehead atoms. The molecule has 1 atom stereocenters.